The van der Waals surface area contributed by atoms with E-state index in [4.69, 9.17) is 4.74 Å². The Morgan fingerprint density at radius 1 is 1.24 bits per heavy atom. The number of hydrogen-bond acceptors (Lipinski definition) is 4. The van der Waals surface area contributed by atoms with Crippen molar-refractivity contribution in [2.24, 2.45) is 0 Å². The molecule has 0 bridgehead atoms. The molecule has 1 atom stereocenters. The van der Waals surface area contributed by atoms with Crippen molar-refractivity contribution in [3.05, 3.63) is 29.8 Å². The van der Waals surface area contributed by atoms with E-state index in [0.717, 1.165) is 12.1 Å². The number of ether oxygens (including phenoxy) is 1. The van der Waals surface area contributed by atoms with Gasteiger partial charge in [0.15, 0.2) is 0 Å². The second-order valence-electron chi connectivity index (χ2n) is 5.77. The normalized spacial score (nSPS) is 14.1. The zero-order valence-electron chi connectivity index (χ0n) is 13.4. The van der Waals surface area contributed by atoms with Crippen LogP contribution in [0.2, 0.25) is 0 Å². The van der Waals surface area contributed by atoms with Crippen LogP contribution in [0.1, 0.15) is 39.3 Å². The molecule has 0 heterocycles. The minimum atomic E-state index is -3.55. The average molecular weight is 314 g/mol. The van der Waals surface area contributed by atoms with Crippen molar-refractivity contribution in [3.63, 3.8) is 0 Å². The Morgan fingerprint density at radius 3 is 2.29 bits per heavy atom. The molecular weight excluding hydrogens is 288 g/mol. The lowest BCUT2D eigenvalue weighted by molar-refractivity contribution is 0.141. The Labute approximate surface area is 128 Å². The van der Waals surface area contributed by atoms with Crippen LogP contribution in [-0.4, -0.2) is 34.2 Å². The summed E-state index contributed by atoms with van der Waals surface area (Å²) in [5, 5.41) is 3.29. The molecule has 5 nitrogen and oxygen atoms in total. The molecule has 1 unspecified atom stereocenters. The molecule has 1 aromatic carbocycles. The fourth-order valence-corrected chi connectivity index (χ4v) is 3.57. The van der Waals surface area contributed by atoms with Gasteiger partial charge in [-0.05, 0) is 45.0 Å². The highest BCUT2D eigenvalue weighted by Crippen LogP contribution is 2.18. The van der Waals surface area contributed by atoms with E-state index in [9.17, 15) is 8.42 Å². The third kappa shape index (κ3) is 5.39. The van der Waals surface area contributed by atoms with Crippen LogP contribution in [0, 0.1) is 0 Å². The van der Waals surface area contributed by atoms with E-state index in [0.29, 0.717) is 6.61 Å². The summed E-state index contributed by atoms with van der Waals surface area (Å²) in [5.74, 6) is 0. The second kappa shape index (κ2) is 7.35. The minimum absolute atomic E-state index is 0.199. The first-order valence-electron chi connectivity index (χ1n) is 7.08. The third-order valence-electron chi connectivity index (χ3n) is 3.12. The molecule has 0 saturated carbocycles. The summed E-state index contributed by atoms with van der Waals surface area (Å²) in [6.07, 6.45) is 0. The van der Waals surface area contributed by atoms with E-state index < -0.39 is 15.6 Å². The van der Waals surface area contributed by atoms with Gasteiger partial charge in [-0.1, -0.05) is 19.1 Å². The number of benzene rings is 1. The molecule has 6 heteroatoms. The van der Waals surface area contributed by atoms with Gasteiger partial charge in [-0.3, -0.25) is 0 Å². The first-order valence-corrected chi connectivity index (χ1v) is 8.56. The molecule has 2 N–H and O–H groups in total. The molecule has 0 saturated heterocycles. The fourth-order valence-electron chi connectivity index (χ4n) is 2.17. The molecule has 1 aromatic rings. The first-order chi connectivity index (χ1) is 9.72. The van der Waals surface area contributed by atoms with E-state index in [1.54, 1.807) is 33.1 Å². The highest BCUT2D eigenvalue weighted by molar-refractivity contribution is 7.89. The average Bonchev–Trinajstić information content (AvgIpc) is 2.37. The van der Waals surface area contributed by atoms with Gasteiger partial charge in [0, 0.05) is 13.2 Å². The Hall–Kier alpha value is -0.950. The van der Waals surface area contributed by atoms with Gasteiger partial charge in [0.05, 0.1) is 17.0 Å². The highest BCUT2D eigenvalue weighted by Gasteiger charge is 2.26. The molecule has 0 radical (unpaired) electrons. The van der Waals surface area contributed by atoms with E-state index in [1.165, 1.54) is 0 Å². The van der Waals surface area contributed by atoms with E-state index in [-0.39, 0.29) is 10.9 Å². The molecule has 0 aliphatic heterocycles. The molecular formula is C15H26N2O3S. The number of methoxy groups -OCH3 is 1. The van der Waals surface area contributed by atoms with Crippen LogP contribution in [0.25, 0.3) is 0 Å². The van der Waals surface area contributed by atoms with Gasteiger partial charge in [0.1, 0.15) is 0 Å². The van der Waals surface area contributed by atoms with Crippen LogP contribution in [0.3, 0.4) is 0 Å². The third-order valence-corrected chi connectivity index (χ3v) is 4.83. The lowest BCUT2D eigenvalue weighted by Crippen LogP contribution is -2.46. The number of sulfonamides is 1. The zero-order valence-corrected chi connectivity index (χ0v) is 14.3. The summed E-state index contributed by atoms with van der Waals surface area (Å²) in [6, 6.07) is 7.14. The maximum absolute atomic E-state index is 12.3. The van der Waals surface area contributed by atoms with Gasteiger partial charge < -0.3 is 10.1 Å². The molecule has 1 rings (SSSR count). The van der Waals surface area contributed by atoms with Crippen LogP contribution in [0.15, 0.2) is 29.2 Å². The minimum Gasteiger partial charge on any atom is -0.383 e. The summed E-state index contributed by atoms with van der Waals surface area (Å²) in [5.41, 5.74) is 0.413. The topological polar surface area (TPSA) is 67.4 Å². The molecule has 0 aliphatic carbocycles. The second-order valence-corrected chi connectivity index (χ2v) is 7.45. The van der Waals surface area contributed by atoms with Crippen molar-refractivity contribution in [2.75, 3.05) is 20.3 Å². The van der Waals surface area contributed by atoms with Crippen molar-refractivity contribution in [1.82, 2.24) is 10.0 Å². The van der Waals surface area contributed by atoms with Gasteiger partial charge in [-0.25, -0.2) is 13.1 Å². The van der Waals surface area contributed by atoms with E-state index in [1.807, 2.05) is 26.0 Å². The van der Waals surface area contributed by atoms with Crippen LogP contribution in [0.5, 0.6) is 0 Å². The monoisotopic (exact) mass is 314 g/mol. The molecule has 0 aromatic heterocycles. The van der Waals surface area contributed by atoms with E-state index in [2.05, 4.69) is 10.0 Å². The predicted octanol–water partition coefficient (Wildman–Crippen LogP) is 2.06. The zero-order chi connectivity index (χ0) is 16.1. The van der Waals surface area contributed by atoms with Crippen molar-refractivity contribution < 1.29 is 13.2 Å². The van der Waals surface area contributed by atoms with Gasteiger partial charge in [-0.2, -0.15) is 0 Å². The molecule has 21 heavy (non-hydrogen) atoms. The molecule has 0 spiro atoms. The van der Waals surface area contributed by atoms with Crippen molar-refractivity contribution in [3.8, 4) is 0 Å². The molecule has 0 aliphatic rings. The van der Waals surface area contributed by atoms with Crippen LogP contribution >= 0.6 is 0 Å². The fraction of sp³-hybridized carbons (Fsp3) is 0.600. The number of nitrogens with one attached hydrogen (secondary N) is 2. The van der Waals surface area contributed by atoms with Gasteiger partial charge >= 0.3 is 0 Å². The van der Waals surface area contributed by atoms with Crippen LogP contribution in [0.4, 0.5) is 0 Å². The van der Waals surface area contributed by atoms with Crippen LogP contribution < -0.4 is 10.0 Å². The SMILES string of the molecule is CCNC(C)c1ccc(S(=O)(=O)NC(C)(C)COC)cc1. The quantitative estimate of drug-likeness (QED) is 0.771. The summed E-state index contributed by atoms with van der Waals surface area (Å²) in [4.78, 5) is 0.263. The van der Waals surface area contributed by atoms with Gasteiger partial charge in [-0.15, -0.1) is 0 Å². The predicted molar refractivity (Wildman–Crippen MR) is 84.8 cm³/mol. The molecule has 0 amide bonds. The summed E-state index contributed by atoms with van der Waals surface area (Å²) < 4.78 is 32.4. The number of rotatable bonds is 8. The Balaban J connectivity index is 2.90. The van der Waals surface area contributed by atoms with Crippen molar-refractivity contribution in [2.45, 2.75) is 44.2 Å². The van der Waals surface area contributed by atoms with Gasteiger partial charge in [0.2, 0.25) is 10.0 Å². The van der Waals surface area contributed by atoms with Crippen molar-refractivity contribution in [1.29, 1.82) is 0 Å². The standard InChI is InChI=1S/C15H26N2O3S/c1-6-16-12(2)13-7-9-14(10-8-13)21(18,19)17-15(3,4)11-20-5/h7-10,12,16-17H,6,11H2,1-5H3. The smallest absolute Gasteiger partial charge is 0.241 e. The maximum atomic E-state index is 12.3. The van der Waals surface area contributed by atoms with E-state index >= 15 is 0 Å². The summed E-state index contributed by atoms with van der Waals surface area (Å²) in [6.45, 7) is 8.84. The Morgan fingerprint density at radius 2 is 1.81 bits per heavy atom. The van der Waals surface area contributed by atoms with Crippen molar-refractivity contribution >= 4 is 10.0 Å². The molecule has 0 fully saturated rings. The van der Waals surface area contributed by atoms with Gasteiger partial charge in [0.25, 0.3) is 0 Å². The lowest BCUT2D eigenvalue weighted by atomic mass is 10.1. The summed E-state index contributed by atoms with van der Waals surface area (Å²) in [7, 11) is -2.00. The summed E-state index contributed by atoms with van der Waals surface area (Å²) >= 11 is 0. The lowest BCUT2D eigenvalue weighted by Gasteiger charge is -2.25. The Bertz CT molecular complexity index is 539. The maximum Gasteiger partial charge on any atom is 0.241 e. The van der Waals surface area contributed by atoms with Crippen LogP contribution in [-0.2, 0) is 14.8 Å². The highest BCUT2D eigenvalue weighted by atomic mass is 32.2. The largest absolute Gasteiger partial charge is 0.383 e. The Kier molecular flexibility index (Phi) is 6.34. The molecule has 120 valence electrons. The first kappa shape index (κ1) is 18.1. The number of hydrogen-bond donors (Lipinski definition) is 2.